The maximum Gasteiger partial charge on any atom is 0.256 e. The summed E-state index contributed by atoms with van der Waals surface area (Å²) >= 11 is 1.48. The molecule has 8 nitrogen and oxygen atoms in total. The lowest BCUT2D eigenvalue weighted by atomic mass is 10.2. The second kappa shape index (κ2) is 10.0. The third-order valence-electron chi connectivity index (χ3n) is 5.24. The first-order chi connectivity index (χ1) is 16.3. The molecule has 0 aliphatic heterocycles. The number of carbonyl (C=O) groups excluding carboxylic acids is 1. The highest BCUT2D eigenvalue weighted by Gasteiger charge is 2.23. The van der Waals surface area contributed by atoms with E-state index < -0.39 is 10.0 Å². The standard InChI is InChI=1S/C24H27N5O3S2/c1-4-14-28(15-5-2)34(31,32)19-12-10-18(11-13-19)23(30)26-22-16-17(3)27-29(22)24-25-20-8-6-7-9-21(20)33-24/h6-13,16H,4-5,14-15H2,1-3H3,(H,26,30). The van der Waals surface area contributed by atoms with Gasteiger partial charge in [-0.05, 0) is 56.2 Å². The Morgan fingerprint density at radius 1 is 1.06 bits per heavy atom. The molecule has 2 aromatic heterocycles. The highest BCUT2D eigenvalue weighted by atomic mass is 32.2. The summed E-state index contributed by atoms with van der Waals surface area (Å²) in [5, 5.41) is 8.02. The van der Waals surface area contributed by atoms with Gasteiger partial charge in [0.1, 0.15) is 5.82 Å². The van der Waals surface area contributed by atoms with Crippen molar-refractivity contribution in [1.82, 2.24) is 19.1 Å². The first-order valence-electron chi connectivity index (χ1n) is 11.2. The Hall–Kier alpha value is -3.08. The Balaban J connectivity index is 1.56. The van der Waals surface area contributed by atoms with Gasteiger partial charge in [-0.2, -0.15) is 14.1 Å². The molecule has 2 aromatic carbocycles. The van der Waals surface area contributed by atoms with E-state index in [0.717, 1.165) is 28.8 Å². The molecule has 0 atom stereocenters. The number of aryl methyl sites for hydroxylation is 1. The number of rotatable bonds is 9. The fraction of sp³-hybridized carbons (Fsp3) is 0.292. The summed E-state index contributed by atoms with van der Waals surface area (Å²) in [6.45, 7) is 6.68. The largest absolute Gasteiger partial charge is 0.306 e. The van der Waals surface area contributed by atoms with Gasteiger partial charge in [0.05, 0.1) is 20.8 Å². The molecule has 0 spiro atoms. The van der Waals surface area contributed by atoms with E-state index in [1.165, 1.54) is 39.9 Å². The van der Waals surface area contributed by atoms with Crippen LogP contribution >= 0.6 is 11.3 Å². The Bertz CT molecular complexity index is 1370. The molecule has 1 amide bonds. The second-order valence-electron chi connectivity index (χ2n) is 7.93. The quantitative estimate of drug-likeness (QED) is 0.356. The van der Waals surface area contributed by atoms with E-state index in [9.17, 15) is 13.2 Å². The molecule has 0 radical (unpaired) electrons. The number of para-hydroxylation sites is 1. The van der Waals surface area contributed by atoms with Crippen LogP contribution in [0, 0.1) is 6.92 Å². The minimum absolute atomic E-state index is 0.182. The number of nitrogens with one attached hydrogen (secondary N) is 1. The van der Waals surface area contributed by atoms with Crippen molar-refractivity contribution in [2.75, 3.05) is 18.4 Å². The van der Waals surface area contributed by atoms with E-state index in [0.29, 0.717) is 29.6 Å². The van der Waals surface area contributed by atoms with Crippen LogP contribution in [0.2, 0.25) is 0 Å². The molecule has 0 bridgehead atoms. The van der Waals surface area contributed by atoms with Crippen molar-refractivity contribution in [1.29, 1.82) is 0 Å². The SMILES string of the molecule is CCCN(CCC)S(=O)(=O)c1ccc(C(=O)Nc2cc(C)nn2-c2nc3ccccc3s2)cc1. The average molecular weight is 498 g/mol. The molecule has 34 heavy (non-hydrogen) atoms. The van der Waals surface area contributed by atoms with Gasteiger partial charge < -0.3 is 5.32 Å². The molecule has 178 valence electrons. The highest BCUT2D eigenvalue weighted by molar-refractivity contribution is 7.89. The predicted molar refractivity (Wildman–Crippen MR) is 135 cm³/mol. The lowest BCUT2D eigenvalue weighted by molar-refractivity contribution is 0.102. The molecule has 10 heteroatoms. The summed E-state index contributed by atoms with van der Waals surface area (Å²) in [5.41, 5.74) is 1.96. The number of amides is 1. The molecular weight excluding hydrogens is 470 g/mol. The fourth-order valence-electron chi connectivity index (χ4n) is 3.65. The Morgan fingerprint density at radius 2 is 1.74 bits per heavy atom. The van der Waals surface area contributed by atoms with Crippen LogP contribution in [0.3, 0.4) is 0 Å². The summed E-state index contributed by atoms with van der Waals surface area (Å²) in [7, 11) is -3.60. The molecule has 0 aliphatic carbocycles. The zero-order valence-corrected chi connectivity index (χ0v) is 21.0. The number of aromatic nitrogens is 3. The molecule has 0 saturated carbocycles. The van der Waals surface area contributed by atoms with E-state index >= 15 is 0 Å². The summed E-state index contributed by atoms with van der Waals surface area (Å²) < 4.78 is 30.1. The number of fused-ring (bicyclic) bond motifs is 1. The van der Waals surface area contributed by atoms with Crippen molar-refractivity contribution in [2.24, 2.45) is 0 Å². The number of sulfonamides is 1. The molecule has 0 aliphatic rings. The first-order valence-corrected chi connectivity index (χ1v) is 13.4. The van der Waals surface area contributed by atoms with Crippen molar-refractivity contribution >= 4 is 43.3 Å². The summed E-state index contributed by atoms with van der Waals surface area (Å²) in [6, 6.07) is 15.6. The van der Waals surface area contributed by atoms with Gasteiger partial charge in [0, 0.05) is 24.7 Å². The van der Waals surface area contributed by atoms with Crippen LogP contribution in [0.25, 0.3) is 15.3 Å². The van der Waals surface area contributed by atoms with Crippen LogP contribution in [0.15, 0.2) is 59.5 Å². The van der Waals surface area contributed by atoms with Gasteiger partial charge in [-0.25, -0.2) is 13.4 Å². The number of carbonyl (C=O) groups is 1. The lowest BCUT2D eigenvalue weighted by Gasteiger charge is -2.21. The van der Waals surface area contributed by atoms with Gasteiger partial charge in [0.2, 0.25) is 15.2 Å². The van der Waals surface area contributed by atoms with Gasteiger partial charge in [-0.3, -0.25) is 4.79 Å². The monoisotopic (exact) mass is 497 g/mol. The number of thiazole rings is 1. The van der Waals surface area contributed by atoms with Crippen molar-refractivity contribution in [3.63, 3.8) is 0 Å². The minimum Gasteiger partial charge on any atom is -0.306 e. The second-order valence-corrected chi connectivity index (χ2v) is 10.9. The number of hydrogen-bond acceptors (Lipinski definition) is 6. The zero-order chi connectivity index (χ0) is 24.3. The van der Waals surface area contributed by atoms with E-state index in [1.807, 2.05) is 45.0 Å². The van der Waals surface area contributed by atoms with Crippen LogP contribution in [0.1, 0.15) is 42.7 Å². The molecule has 0 fully saturated rings. The smallest absolute Gasteiger partial charge is 0.256 e. The van der Waals surface area contributed by atoms with Crippen LogP contribution < -0.4 is 5.32 Å². The summed E-state index contributed by atoms with van der Waals surface area (Å²) in [6.07, 6.45) is 1.48. The third kappa shape index (κ3) is 4.89. The van der Waals surface area contributed by atoms with Crippen LogP contribution in [0.4, 0.5) is 5.82 Å². The Kier molecular flexibility index (Phi) is 7.11. The van der Waals surface area contributed by atoms with Gasteiger partial charge in [0.25, 0.3) is 5.91 Å². The maximum absolute atomic E-state index is 13.0. The number of anilines is 1. The van der Waals surface area contributed by atoms with Crippen molar-refractivity contribution in [3.05, 3.63) is 65.9 Å². The van der Waals surface area contributed by atoms with Crippen LogP contribution in [0.5, 0.6) is 0 Å². The third-order valence-corrected chi connectivity index (χ3v) is 8.16. The molecular formula is C24H27N5O3S2. The van der Waals surface area contributed by atoms with E-state index in [4.69, 9.17) is 0 Å². The van der Waals surface area contributed by atoms with Gasteiger partial charge in [0.15, 0.2) is 0 Å². The lowest BCUT2D eigenvalue weighted by Crippen LogP contribution is -2.32. The molecule has 0 unspecified atom stereocenters. The molecule has 4 aromatic rings. The van der Waals surface area contributed by atoms with Crippen molar-refractivity contribution in [3.8, 4) is 5.13 Å². The molecule has 0 saturated heterocycles. The summed E-state index contributed by atoms with van der Waals surface area (Å²) in [4.78, 5) is 17.8. The molecule has 4 rings (SSSR count). The van der Waals surface area contributed by atoms with E-state index in [-0.39, 0.29) is 10.8 Å². The number of hydrogen-bond donors (Lipinski definition) is 1. The summed E-state index contributed by atoms with van der Waals surface area (Å²) in [5.74, 6) is 0.139. The normalized spacial score (nSPS) is 11.9. The molecule has 2 heterocycles. The number of nitrogens with zero attached hydrogens (tertiary/aromatic N) is 4. The highest BCUT2D eigenvalue weighted by Crippen LogP contribution is 2.27. The van der Waals surface area contributed by atoms with E-state index in [1.54, 1.807) is 10.7 Å². The van der Waals surface area contributed by atoms with E-state index in [2.05, 4.69) is 15.4 Å². The minimum atomic E-state index is -3.60. The van der Waals surface area contributed by atoms with Crippen LogP contribution in [-0.4, -0.2) is 46.5 Å². The molecule has 1 N–H and O–H groups in total. The van der Waals surface area contributed by atoms with Crippen molar-refractivity contribution < 1.29 is 13.2 Å². The maximum atomic E-state index is 13.0. The number of benzene rings is 2. The van der Waals surface area contributed by atoms with Crippen LogP contribution in [-0.2, 0) is 10.0 Å². The Labute approximate surface area is 203 Å². The topological polar surface area (TPSA) is 97.2 Å². The fourth-order valence-corrected chi connectivity index (χ4v) is 6.21. The zero-order valence-electron chi connectivity index (χ0n) is 19.4. The average Bonchev–Trinajstić information content (AvgIpc) is 3.41. The van der Waals surface area contributed by atoms with Crippen molar-refractivity contribution in [2.45, 2.75) is 38.5 Å². The van der Waals surface area contributed by atoms with Gasteiger partial charge in [-0.1, -0.05) is 37.3 Å². The van der Waals surface area contributed by atoms with Gasteiger partial charge >= 0.3 is 0 Å². The Morgan fingerprint density at radius 3 is 2.38 bits per heavy atom. The van der Waals surface area contributed by atoms with Gasteiger partial charge in [-0.15, -0.1) is 0 Å². The first kappa shape index (κ1) is 24.1. The predicted octanol–water partition coefficient (Wildman–Crippen LogP) is 4.85.